The number of hydrogen-bond donors (Lipinski definition) is 0. The van der Waals surface area contributed by atoms with E-state index in [1.54, 1.807) is 13.3 Å². The zero-order chi connectivity index (χ0) is 17.4. The van der Waals surface area contributed by atoms with E-state index in [-0.39, 0.29) is 0 Å². The highest BCUT2D eigenvalue weighted by molar-refractivity contribution is 6.30. The number of fused-ring (bicyclic) bond motifs is 1. The lowest BCUT2D eigenvalue weighted by atomic mass is 9.89. The Hall–Kier alpha value is -1.62. The summed E-state index contributed by atoms with van der Waals surface area (Å²) in [4.78, 5) is 9.49. The number of aromatic nitrogens is 1. The minimum atomic E-state index is 0.485. The normalized spacial score (nSPS) is 26.8. The molecule has 4 nitrogen and oxygen atoms in total. The highest BCUT2D eigenvalue weighted by Gasteiger charge is 2.45. The number of pyridine rings is 1. The van der Waals surface area contributed by atoms with Crippen LogP contribution in [0.1, 0.15) is 17.3 Å². The maximum Gasteiger partial charge on any atom is 0.118 e. The maximum absolute atomic E-state index is 5.94. The van der Waals surface area contributed by atoms with Crippen molar-refractivity contribution in [2.75, 3.05) is 33.8 Å². The van der Waals surface area contributed by atoms with Crippen LogP contribution in [-0.2, 0) is 6.54 Å². The largest absolute Gasteiger partial charge is 0.497 e. The molecule has 0 spiro atoms. The van der Waals surface area contributed by atoms with Crippen LogP contribution in [0.5, 0.6) is 5.75 Å². The summed E-state index contributed by atoms with van der Waals surface area (Å²) in [6.07, 6.45) is 1.74. The summed E-state index contributed by atoms with van der Waals surface area (Å²) >= 11 is 5.94. The average Bonchev–Trinajstić information content (AvgIpc) is 3.13. The number of halogens is 1. The first-order chi connectivity index (χ1) is 12.1. The lowest BCUT2D eigenvalue weighted by Crippen LogP contribution is -2.29. The first kappa shape index (κ1) is 16.8. The summed E-state index contributed by atoms with van der Waals surface area (Å²) in [5.74, 6) is 2.32. The molecule has 3 atom stereocenters. The van der Waals surface area contributed by atoms with E-state index in [4.69, 9.17) is 16.3 Å². The molecule has 2 aromatic rings. The van der Waals surface area contributed by atoms with Gasteiger partial charge in [0.25, 0.3) is 0 Å². The van der Waals surface area contributed by atoms with Gasteiger partial charge >= 0.3 is 0 Å². The number of likely N-dealkylation sites (tertiary alicyclic amines) is 2. The van der Waals surface area contributed by atoms with Crippen LogP contribution in [-0.4, -0.2) is 48.6 Å². The van der Waals surface area contributed by atoms with Crippen molar-refractivity contribution in [3.63, 3.8) is 0 Å². The van der Waals surface area contributed by atoms with E-state index in [0.29, 0.717) is 17.0 Å². The minimum absolute atomic E-state index is 0.485. The van der Waals surface area contributed by atoms with Crippen LogP contribution >= 0.6 is 11.6 Å². The molecule has 4 rings (SSSR count). The fourth-order valence-corrected chi connectivity index (χ4v) is 4.62. The lowest BCUT2D eigenvalue weighted by Gasteiger charge is -2.27. The molecule has 5 heteroatoms. The number of benzene rings is 1. The van der Waals surface area contributed by atoms with Crippen LogP contribution in [0.15, 0.2) is 42.6 Å². The zero-order valence-electron chi connectivity index (χ0n) is 14.7. The Balaban J connectivity index is 1.47. The molecule has 1 aromatic heterocycles. The molecule has 1 aromatic carbocycles. The molecule has 2 aliphatic rings. The molecule has 0 aliphatic carbocycles. The van der Waals surface area contributed by atoms with Crippen LogP contribution in [0.25, 0.3) is 0 Å². The monoisotopic (exact) mass is 357 g/mol. The summed E-state index contributed by atoms with van der Waals surface area (Å²) in [5.41, 5.74) is 2.49. The van der Waals surface area contributed by atoms with Crippen molar-refractivity contribution in [2.45, 2.75) is 12.6 Å². The first-order valence-electron chi connectivity index (χ1n) is 8.81. The second kappa shape index (κ2) is 6.94. The van der Waals surface area contributed by atoms with Crippen molar-refractivity contribution in [3.05, 3.63) is 58.9 Å². The van der Waals surface area contributed by atoms with Gasteiger partial charge in [0, 0.05) is 38.4 Å². The van der Waals surface area contributed by atoms with Crippen molar-refractivity contribution in [3.8, 4) is 5.75 Å². The highest BCUT2D eigenvalue weighted by atomic mass is 35.5. The second-order valence-corrected chi connectivity index (χ2v) is 7.68. The van der Waals surface area contributed by atoms with E-state index in [9.17, 15) is 0 Å². The van der Waals surface area contributed by atoms with E-state index in [0.717, 1.165) is 43.5 Å². The Labute approximate surface area is 154 Å². The van der Waals surface area contributed by atoms with Gasteiger partial charge in [-0.15, -0.1) is 0 Å². The van der Waals surface area contributed by atoms with E-state index in [1.807, 2.05) is 12.1 Å². The summed E-state index contributed by atoms with van der Waals surface area (Å²) in [5, 5.41) is 0.697. The molecule has 0 radical (unpaired) electrons. The molecule has 0 N–H and O–H groups in total. The Morgan fingerprint density at radius 3 is 2.60 bits per heavy atom. The summed E-state index contributed by atoms with van der Waals surface area (Å²) in [6.45, 7) is 4.33. The van der Waals surface area contributed by atoms with Crippen molar-refractivity contribution >= 4 is 11.6 Å². The third kappa shape index (κ3) is 3.39. The quantitative estimate of drug-likeness (QED) is 0.837. The smallest absolute Gasteiger partial charge is 0.118 e. The van der Waals surface area contributed by atoms with Gasteiger partial charge in [-0.25, -0.2) is 0 Å². The summed E-state index contributed by atoms with van der Waals surface area (Å²) in [6, 6.07) is 13.0. The van der Waals surface area contributed by atoms with Gasteiger partial charge in [-0.2, -0.15) is 0 Å². The fourth-order valence-electron chi connectivity index (χ4n) is 4.51. The number of rotatable bonds is 4. The average molecular weight is 358 g/mol. The lowest BCUT2D eigenvalue weighted by molar-refractivity contribution is 0.223. The molecule has 0 bridgehead atoms. The molecule has 0 saturated carbocycles. The molecular weight excluding hydrogens is 334 g/mol. The molecule has 25 heavy (non-hydrogen) atoms. The van der Waals surface area contributed by atoms with Crippen molar-refractivity contribution in [1.82, 2.24) is 14.8 Å². The fraction of sp³-hybridized carbons (Fsp3) is 0.450. The van der Waals surface area contributed by atoms with E-state index in [1.165, 1.54) is 5.56 Å². The Morgan fingerprint density at radius 1 is 1.12 bits per heavy atom. The highest BCUT2D eigenvalue weighted by Crippen LogP contribution is 2.44. The third-order valence-corrected chi connectivity index (χ3v) is 5.83. The van der Waals surface area contributed by atoms with E-state index in [2.05, 4.69) is 46.1 Å². The Bertz CT molecular complexity index is 719. The zero-order valence-corrected chi connectivity index (χ0v) is 15.5. The van der Waals surface area contributed by atoms with Crippen LogP contribution in [0.2, 0.25) is 5.02 Å². The number of methoxy groups -OCH3 is 1. The molecule has 2 aliphatic heterocycles. The summed E-state index contributed by atoms with van der Waals surface area (Å²) < 4.78 is 5.30. The molecular formula is C20H24ClN3O. The molecule has 132 valence electrons. The van der Waals surface area contributed by atoms with Crippen molar-refractivity contribution in [2.24, 2.45) is 11.8 Å². The van der Waals surface area contributed by atoms with Gasteiger partial charge in [0.2, 0.25) is 0 Å². The molecule has 3 heterocycles. The van der Waals surface area contributed by atoms with Crippen LogP contribution in [0.3, 0.4) is 0 Å². The van der Waals surface area contributed by atoms with Gasteiger partial charge in [-0.1, -0.05) is 23.7 Å². The molecule has 2 saturated heterocycles. The first-order valence-corrected chi connectivity index (χ1v) is 9.19. The summed E-state index contributed by atoms with van der Waals surface area (Å²) in [7, 11) is 3.96. The van der Waals surface area contributed by atoms with Gasteiger partial charge in [-0.3, -0.25) is 14.8 Å². The molecule has 2 fully saturated rings. The van der Waals surface area contributed by atoms with Crippen LogP contribution in [0.4, 0.5) is 0 Å². The number of ether oxygens (including phenoxy) is 1. The number of hydrogen-bond acceptors (Lipinski definition) is 4. The Kier molecular flexibility index (Phi) is 4.67. The SMILES string of the molecule is COc1ccc([C@@H]2[C@@H]3CN(Cc4ccc(Cl)cn4)C[C@@H]3CN2C)cc1. The van der Waals surface area contributed by atoms with Gasteiger partial charge in [0.15, 0.2) is 0 Å². The topological polar surface area (TPSA) is 28.6 Å². The molecule has 0 amide bonds. The second-order valence-electron chi connectivity index (χ2n) is 7.24. The minimum Gasteiger partial charge on any atom is -0.497 e. The molecule has 0 unspecified atom stereocenters. The maximum atomic E-state index is 5.94. The van der Waals surface area contributed by atoms with Crippen molar-refractivity contribution in [1.29, 1.82) is 0 Å². The predicted molar refractivity (Wildman–Crippen MR) is 99.9 cm³/mol. The van der Waals surface area contributed by atoms with E-state index >= 15 is 0 Å². The van der Waals surface area contributed by atoms with Crippen molar-refractivity contribution < 1.29 is 4.74 Å². The van der Waals surface area contributed by atoms with Gasteiger partial charge in [0.1, 0.15) is 5.75 Å². The van der Waals surface area contributed by atoms with Gasteiger partial charge < -0.3 is 4.74 Å². The van der Waals surface area contributed by atoms with Gasteiger partial charge in [-0.05, 0) is 48.7 Å². The predicted octanol–water partition coefficient (Wildman–Crippen LogP) is 3.48. The van der Waals surface area contributed by atoms with Crippen LogP contribution < -0.4 is 4.74 Å². The third-order valence-electron chi connectivity index (χ3n) is 5.60. The Morgan fingerprint density at radius 2 is 1.92 bits per heavy atom. The van der Waals surface area contributed by atoms with Crippen LogP contribution in [0, 0.1) is 11.8 Å². The van der Waals surface area contributed by atoms with E-state index < -0.39 is 0 Å². The number of nitrogens with zero attached hydrogens (tertiary/aromatic N) is 3. The van der Waals surface area contributed by atoms with Gasteiger partial charge in [0.05, 0.1) is 17.8 Å². The standard InChI is InChI=1S/C20H24ClN3O/c1-23-10-15-11-24(12-17-6-5-16(21)9-22-17)13-19(15)20(23)14-3-7-18(25-2)8-4-14/h3-9,15,19-20H,10-13H2,1-2H3/t15-,19+,20+/m0/s1.